The molecule has 3 aromatic carbocycles. The molecule has 22 nitrogen and oxygen atoms in total. The van der Waals surface area contributed by atoms with Crippen molar-refractivity contribution in [1.82, 2.24) is 10.7 Å². The second-order valence-corrected chi connectivity index (χ2v) is 24.4. The molecule has 4 aliphatic carbocycles. The molecule has 438 valence electrons. The summed E-state index contributed by atoms with van der Waals surface area (Å²) in [5.74, 6) is -0.757. The molecule has 0 radical (unpaired) electrons. The SMILES string of the molecule is CC(=O)O[C@]12COC1C[C@@H](O)[C@@]1(C)[C@H]2[C@@H](OC(O)c2ccccc2)[C@@]2(O)C[C@@H](OC(=O)[C@@H](OC(=O)C3CCC(NN)C3)[C@H](NC(O)OC(C)(C)C)c3ccccc3)[C@H](C)C([C@H](O)[C@@H]1O)C2(C)C.O=S([O-])c1ccc(C(O)O)cc1. The van der Waals surface area contributed by atoms with Gasteiger partial charge >= 0.3 is 17.9 Å². The van der Waals surface area contributed by atoms with Crippen LogP contribution in [-0.4, -0.2) is 146 Å². The molecule has 0 spiro atoms. The Morgan fingerprint density at radius 1 is 0.873 bits per heavy atom. The number of ether oxygens (including phenoxy) is 6. The highest BCUT2D eigenvalue weighted by Gasteiger charge is 2.78. The summed E-state index contributed by atoms with van der Waals surface area (Å²) in [6.07, 6.45) is -14.7. The van der Waals surface area contributed by atoms with Crippen molar-refractivity contribution in [1.29, 1.82) is 0 Å². The minimum absolute atomic E-state index is 0.100. The Bertz CT molecular complexity index is 2580. The zero-order valence-electron chi connectivity index (χ0n) is 45.6. The van der Waals surface area contributed by atoms with Crippen molar-refractivity contribution in [2.75, 3.05) is 6.61 Å². The summed E-state index contributed by atoms with van der Waals surface area (Å²) in [6.45, 7) is 12.8. The van der Waals surface area contributed by atoms with E-state index in [9.17, 15) is 49.0 Å². The maximum Gasteiger partial charge on any atom is 0.349 e. The molecule has 8 rings (SSSR count). The fraction of sp³-hybridized carbons (Fsp3) is 0.625. The van der Waals surface area contributed by atoms with Crippen molar-refractivity contribution in [3.8, 4) is 0 Å². The topological polar surface area (TPSA) is 359 Å². The third-order valence-corrected chi connectivity index (χ3v) is 17.8. The molecule has 12 N–H and O–H groups in total. The lowest BCUT2D eigenvalue weighted by molar-refractivity contribution is -0.394. The first-order valence-corrected chi connectivity index (χ1v) is 27.6. The highest BCUT2D eigenvalue weighted by Crippen LogP contribution is 2.66. The van der Waals surface area contributed by atoms with Gasteiger partial charge in [0.15, 0.2) is 18.2 Å². The van der Waals surface area contributed by atoms with Crippen molar-refractivity contribution in [3.05, 3.63) is 102 Å². The summed E-state index contributed by atoms with van der Waals surface area (Å²) in [6, 6.07) is 20.7. The zero-order chi connectivity index (χ0) is 58.2. The van der Waals surface area contributed by atoms with Crippen LogP contribution in [0.3, 0.4) is 0 Å². The van der Waals surface area contributed by atoms with E-state index in [-0.39, 0.29) is 29.5 Å². The Hall–Kier alpha value is -4.38. The summed E-state index contributed by atoms with van der Waals surface area (Å²) in [5, 5.41) is 94.6. The molecule has 0 amide bonds. The van der Waals surface area contributed by atoms with Gasteiger partial charge in [-0.2, -0.15) is 0 Å². The Labute approximate surface area is 462 Å². The Morgan fingerprint density at radius 3 is 2.00 bits per heavy atom. The first-order chi connectivity index (χ1) is 37.0. The van der Waals surface area contributed by atoms with Crippen molar-refractivity contribution >= 4 is 29.0 Å². The van der Waals surface area contributed by atoms with Gasteiger partial charge in [-0.3, -0.25) is 30.4 Å². The maximum absolute atomic E-state index is 15.2. The van der Waals surface area contributed by atoms with E-state index in [1.165, 1.54) is 31.2 Å². The van der Waals surface area contributed by atoms with Gasteiger partial charge in [0, 0.05) is 64.5 Å². The van der Waals surface area contributed by atoms with E-state index in [4.69, 9.17) is 44.5 Å². The van der Waals surface area contributed by atoms with Crippen LogP contribution in [0.5, 0.6) is 0 Å². The maximum atomic E-state index is 15.2. The average molecular weight is 1130 g/mol. The Balaban J connectivity index is 0.000000665. The first-order valence-electron chi connectivity index (χ1n) is 26.6. The molecule has 79 heavy (non-hydrogen) atoms. The number of benzene rings is 3. The molecular formula is C56H78N3O19S-. The van der Waals surface area contributed by atoms with E-state index in [1.54, 1.807) is 109 Å². The van der Waals surface area contributed by atoms with Crippen molar-refractivity contribution in [2.45, 2.75) is 183 Å². The number of carbonyl (C=O) groups is 3. The van der Waals surface area contributed by atoms with E-state index < -0.39 is 154 Å². The van der Waals surface area contributed by atoms with Crippen molar-refractivity contribution < 1.29 is 92.4 Å². The van der Waals surface area contributed by atoms with Gasteiger partial charge < -0.3 is 73.8 Å². The molecule has 4 saturated carbocycles. The Morgan fingerprint density at radius 2 is 1.48 bits per heavy atom. The van der Waals surface area contributed by atoms with Gasteiger partial charge in [0.25, 0.3) is 0 Å². The fourth-order valence-corrected chi connectivity index (χ4v) is 13.4. The number of carbonyl (C=O) groups excluding carboxylic acids is 3. The highest BCUT2D eigenvalue weighted by atomic mass is 32.2. The van der Waals surface area contributed by atoms with Crippen LogP contribution < -0.4 is 16.6 Å². The zero-order valence-corrected chi connectivity index (χ0v) is 46.4. The summed E-state index contributed by atoms with van der Waals surface area (Å²) < 4.78 is 57.9. The summed E-state index contributed by atoms with van der Waals surface area (Å²) >= 11 is -2.26. The van der Waals surface area contributed by atoms with Crippen LogP contribution >= 0.6 is 0 Å². The number of nitrogens with one attached hydrogen (secondary N) is 2. The average Bonchev–Trinajstić information content (AvgIpc) is 3.49. The molecule has 7 unspecified atom stereocenters. The van der Waals surface area contributed by atoms with Crippen LogP contribution in [0.2, 0.25) is 0 Å². The van der Waals surface area contributed by atoms with Crippen LogP contribution in [0.1, 0.15) is 123 Å². The predicted octanol–water partition coefficient (Wildman–Crippen LogP) is 2.08. The largest absolute Gasteiger partial charge is 0.768 e. The number of rotatable bonds is 16. The van der Waals surface area contributed by atoms with E-state index >= 15 is 4.79 Å². The molecule has 1 saturated heterocycles. The molecule has 1 heterocycles. The Kier molecular flexibility index (Phi) is 19.4. The monoisotopic (exact) mass is 1130 g/mol. The van der Waals surface area contributed by atoms with E-state index in [2.05, 4.69) is 10.7 Å². The quantitative estimate of drug-likeness (QED) is 0.0244. The van der Waals surface area contributed by atoms with Gasteiger partial charge in [0.05, 0.1) is 48.6 Å². The number of aliphatic hydroxyl groups excluding tert-OH is 6. The van der Waals surface area contributed by atoms with Crippen LogP contribution in [0, 0.1) is 34.5 Å². The molecule has 1 aliphatic heterocycles. The molecule has 3 aromatic rings. The minimum atomic E-state index is -2.26. The molecule has 5 fully saturated rings. The molecule has 0 aromatic heterocycles. The van der Waals surface area contributed by atoms with Gasteiger partial charge in [-0.25, -0.2) is 4.79 Å². The number of nitrogens with two attached hydrogens (primary N) is 1. The minimum Gasteiger partial charge on any atom is -0.768 e. The third kappa shape index (κ3) is 12.7. The molecule has 5 aliphatic rings. The van der Waals surface area contributed by atoms with E-state index in [0.29, 0.717) is 30.4 Å². The predicted molar refractivity (Wildman–Crippen MR) is 279 cm³/mol. The number of hydrogen-bond donors (Lipinski definition) is 11. The molecule has 2 bridgehead atoms. The lowest BCUT2D eigenvalue weighted by Crippen LogP contribution is -2.83. The number of hydrogen-bond acceptors (Lipinski definition) is 22. The number of aliphatic hydroxyl groups is 8. The second-order valence-electron chi connectivity index (χ2n) is 23.5. The van der Waals surface area contributed by atoms with Gasteiger partial charge in [-0.05, 0) is 74.7 Å². The standard InChI is InChI=1S/C49H71N3O15.C7H8O4S/c1-25-31(63-43(59)37(64-42(58)29-19-20-30(21-29)52-50)35(27-15-11-9-12-16-27)51-44(60)67-45(3,4)5)23-49(61)40(65-41(57)28-17-13-10-14-18-28)38-47(8,39(56)36(55)34(25)46(49,6)7)32(54)22-33-48(38,24-62-33)66-26(2)53;8-7(9)5-1-3-6(4-2-5)12(10)11/h9-18,25,29-41,44,51-52,54-57,60-61H,19-24,50H2,1-8H3;1-4,7-9H,(H,10,11)/p-1/t25-,29?,30?,31+,32+,33?,34?,35+,36-,37-,38+,39-,40+,41?,44?,47-,48+,49-;/m0./s1. The number of fused-ring (bicyclic) bond motifs is 5. The second kappa shape index (κ2) is 24.6. The van der Waals surface area contributed by atoms with Crippen LogP contribution in [0.4, 0.5) is 0 Å². The smallest absolute Gasteiger partial charge is 0.349 e. The molecular weight excluding hydrogens is 1050 g/mol. The molecule has 19 atom stereocenters. The first kappa shape index (κ1) is 62.2. The lowest BCUT2D eigenvalue weighted by atomic mass is 9.42. The lowest BCUT2D eigenvalue weighted by Gasteiger charge is -2.70. The van der Waals surface area contributed by atoms with Crippen molar-refractivity contribution in [3.63, 3.8) is 0 Å². The van der Waals surface area contributed by atoms with Crippen molar-refractivity contribution in [2.24, 2.45) is 40.3 Å². The third-order valence-electron chi connectivity index (χ3n) is 17.2. The van der Waals surface area contributed by atoms with E-state index in [0.717, 1.165) is 0 Å². The summed E-state index contributed by atoms with van der Waals surface area (Å²) in [5.41, 5.74) is -4.28. The highest BCUT2D eigenvalue weighted by molar-refractivity contribution is 7.79. The van der Waals surface area contributed by atoms with Gasteiger partial charge in [0.2, 0.25) is 12.5 Å². The fourth-order valence-electron chi connectivity index (χ4n) is 13.0. The van der Waals surface area contributed by atoms with Crippen LogP contribution in [0.25, 0.3) is 0 Å². The summed E-state index contributed by atoms with van der Waals surface area (Å²) in [4.78, 5) is 42.4. The van der Waals surface area contributed by atoms with Gasteiger partial charge in [-0.15, -0.1) is 0 Å². The van der Waals surface area contributed by atoms with Crippen LogP contribution in [-0.2, 0) is 53.9 Å². The van der Waals surface area contributed by atoms with Crippen LogP contribution in [0.15, 0.2) is 89.8 Å². The van der Waals surface area contributed by atoms with Gasteiger partial charge in [-0.1, -0.05) is 100 Å². The normalized spacial score (nSPS) is 34.7. The number of esters is 3. The number of hydrazine groups is 1. The molecule has 23 heteroatoms. The summed E-state index contributed by atoms with van der Waals surface area (Å²) in [7, 11) is 0. The van der Waals surface area contributed by atoms with Gasteiger partial charge in [0.1, 0.15) is 17.8 Å². The van der Waals surface area contributed by atoms with E-state index in [1.807, 2.05) is 0 Å².